The Kier molecular flexibility index (Phi) is 7.28. The van der Waals surface area contributed by atoms with Gasteiger partial charge in [0.15, 0.2) is 11.6 Å². The molecule has 0 saturated heterocycles. The minimum absolute atomic E-state index is 0.0914. The average molecular weight is 555 g/mol. The van der Waals surface area contributed by atoms with Crippen molar-refractivity contribution in [2.24, 2.45) is 0 Å². The van der Waals surface area contributed by atoms with Crippen LogP contribution < -0.4 is 10.6 Å². The molecular formula is C28H26F4N6O2. The Bertz CT molecular complexity index is 1510. The first-order chi connectivity index (χ1) is 19.0. The third kappa shape index (κ3) is 5.96. The molecule has 2 aromatic carbocycles. The molecule has 1 fully saturated rings. The number of anilines is 3. The minimum atomic E-state index is -4.46. The van der Waals surface area contributed by atoms with Gasteiger partial charge in [-0.3, -0.25) is 4.79 Å². The maximum atomic E-state index is 14.8. The highest BCUT2D eigenvalue weighted by Gasteiger charge is 2.66. The van der Waals surface area contributed by atoms with Crippen LogP contribution in [0.4, 0.5) is 35.0 Å². The SMILES string of the molecule is CN(C)Cc1cccc(Nc2ncc(-c3ccc(CC(=O)Nc4cc(C5(C(F)(F)F)CC5)on4)c(F)c3)cn2)c1. The third-order valence-corrected chi connectivity index (χ3v) is 6.61. The molecule has 40 heavy (non-hydrogen) atoms. The summed E-state index contributed by atoms with van der Waals surface area (Å²) in [4.78, 5) is 23.1. The average Bonchev–Trinajstić information content (AvgIpc) is 3.59. The molecule has 0 unspecified atom stereocenters. The number of halogens is 4. The summed E-state index contributed by atoms with van der Waals surface area (Å²) < 4.78 is 59.5. The fourth-order valence-electron chi connectivity index (χ4n) is 4.37. The van der Waals surface area contributed by atoms with Crippen LogP contribution >= 0.6 is 0 Å². The van der Waals surface area contributed by atoms with Crippen molar-refractivity contribution in [1.29, 1.82) is 0 Å². The summed E-state index contributed by atoms with van der Waals surface area (Å²) in [6.45, 7) is 0.794. The molecule has 2 aromatic heterocycles. The zero-order valence-electron chi connectivity index (χ0n) is 21.7. The summed E-state index contributed by atoms with van der Waals surface area (Å²) in [6.07, 6.45) is -1.85. The van der Waals surface area contributed by atoms with Gasteiger partial charge in [-0.1, -0.05) is 29.4 Å². The number of aromatic nitrogens is 3. The molecule has 0 bridgehead atoms. The Morgan fingerprint density at radius 3 is 2.45 bits per heavy atom. The van der Waals surface area contributed by atoms with Crippen LogP contribution in [0.15, 0.2) is 65.4 Å². The molecular weight excluding hydrogens is 528 g/mol. The van der Waals surface area contributed by atoms with E-state index in [0.29, 0.717) is 17.1 Å². The van der Waals surface area contributed by atoms with Crippen LogP contribution in [0.3, 0.4) is 0 Å². The summed E-state index contributed by atoms with van der Waals surface area (Å²) in [5, 5.41) is 9.04. The van der Waals surface area contributed by atoms with Gasteiger partial charge in [-0.15, -0.1) is 0 Å². The third-order valence-electron chi connectivity index (χ3n) is 6.61. The number of nitrogens with one attached hydrogen (secondary N) is 2. The van der Waals surface area contributed by atoms with E-state index in [9.17, 15) is 22.4 Å². The van der Waals surface area contributed by atoms with Gasteiger partial charge in [0.1, 0.15) is 11.2 Å². The van der Waals surface area contributed by atoms with Crippen LogP contribution in [0, 0.1) is 5.82 Å². The number of alkyl halides is 3. The van der Waals surface area contributed by atoms with Gasteiger partial charge in [0.2, 0.25) is 11.9 Å². The van der Waals surface area contributed by atoms with Gasteiger partial charge in [-0.05, 0) is 61.8 Å². The van der Waals surface area contributed by atoms with E-state index in [1.165, 1.54) is 12.1 Å². The van der Waals surface area contributed by atoms with Crippen LogP contribution in [-0.2, 0) is 23.2 Å². The number of amides is 1. The maximum absolute atomic E-state index is 14.8. The molecule has 1 saturated carbocycles. The van der Waals surface area contributed by atoms with Crippen molar-refractivity contribution >= 4 is 23.4 Å². The lowest BCUT2D eigenvalue weighted by Crippen LogP contribution is -2.28. The van der Waals surface area contributed by atoms with E-state index in [1.807, 2.05) is 38.4 Å². The van der Waals surface area contributed by atoms with Gasteiger partial charge < -0.3 is 20.1 Å². The molecule has 2 heterocycles. The predicted molar refractivity (Wildman–Crippen MR) is 140 cm³/mol. The number of benzene rings is 2. The Balaban J connectivity index is 1.20. The van der Waals surface area contributed by atoms with Gasteiger partial charge in [0, 0.05) is 36.3 Å². The Labute approximate surface area is 227 Å². The second-order valence-electron chi connectivity index (χ2n) is 10.0. The fraction of sp³-hybridized carbons (Fsp3) is 0.286. The van der Waals surface area contributed by atoms with Crippen LogP contribution in [0.1, 0.15) is 29.7 Å². The summed E-state index contributed by atoms with van der Waals surface area (Å²) in [6, 6.07) is 13.3. The predicted octanol–water partition coefficient (Wildman–Crippen LogP) is 5.85. The summed E-state index contributed by atoms with van der Waals surface area (Å²) in [5.41, 5.74) is 1.14. The molecule has 0 aliphatic heterocycles. The first-order valence-electron chi connectivity index (χ1n) is 12.5. The molecule has 0 spiro atoms. The highest BCUT2D eigenvalue weighted by atomic mass is 19.4. The number of nitrogens with zero attached hydrogens (tertiary/aromatic N) is 4. The standard InChI is InChI=1S/C28H26F4N6O2/c1-38(2)16-17-4-3-5-21(10-17)35-26-33-14-20(15-34-26)18-6-7-19(22(29)11-18)12-25(39)36-24-13-23(40-37-24)27(8-9-27)28(30,31)32/h3-7,10-11,13-15H,8-9,12,16H2,1-2H3,(H,33,34,35)(H,36,37,39). The van der Waals surface area contributed by atoms with E-state index in [4.69, 9.17) is 4.52 Å². The van der Waals surface area contributed by atoms with Crippen molar-refractivity contribution in [2.75, 3.05) is 24.7 Å². The van der Waals surface area contributed by atoms with Crippen molar-refractivity contribution in [3.63, 3.8) is 0 Å². The smallest absolute Gasteiger partial charge is 0.358 e. The van der Waals surface area contributed by atoms with Crippen molar-refractivity contribution < 1.29 is 26.9 Å². The summed E-state index contributed by atoms with van der Waals surface area (Å²) in [5.74, 6) is -1.37. The van der Waals surface area contributed by atoms with Crippen LogP contribution in [0.25, 0.3) is 11.1 Å². The van der Waals surface area contributed by atoms with Gasteiger partial charge in [0.05, 0.1) is 6.42 Å². The number of carbonyl (C=O) groups is 1. The molecule has 2 N–H and O–H groups in total. The zero-order valence-corrected chi connectivity index (χ0v) is 21.7. The van der Waals surface area contributed by atoms with E-state index in [-0.39, 0.29) is 36.4 Å². The molecule has 1 amide bonds. The number of rotatable bonds is 9. The van der Waals surface area contributed by atoms with Crippen molar-refractivity contribution in [1.82, 2.24) is 20.0 Å². The Hall–Kier alpha value is -4.32. The highest BCUT2D eigenvalue weighted by molar-refractivity contribution is 5.91. The van der Waals surface area contributed by atoms with E-state index in [0.717, 1.165) is 23.9 Å². The van der Waals surface area contributed by atoms with Crippen LogP contribution in [0.5, 0.6) is 0 Å². The van der Waals surface area contributed by atoms with E-state index >= 15 is 0 Å². The lowest BCUT2D eigenvalue weighted by atomic mass is 10.0. The topological polar surface area (TPSA) is 96.2 Å². The molecule has 1 aliphatic carbocycles. The highest BCUT2D eigenvalue weighted by Crippen LogP contribution is 2.59. The van der Waals surface area contributed by atoms with Crippen LogP contribution in [0.2, 0.25) is 0 Å². The summed E-state index contributed by atoms with van der Waals surface area (Å²) >= 11 is 0. The second kappa shape index (κ2) is 10.7. The molecule has 208 valence electrons. The molecule has 8 nitrogen and oxygen atoms in total. The monoisotopic (exact) mass is 554 g/mol. The maximum Gasteiger partial charge on any atom is 0.401 e. The van der Waals surface area contributed by atoms with E-state index < -0.39 is 23.3 Å². The molecule has 12 heteroatoms. The Morgan fingerprint density at radius 1 is 1.05 bits per heavy atom. The van der Waals surface area contributed by atoms with E-state index in [2.05, 4.69) is 30.7 Å². The molecule has 1 aliphatic rings. The fourth-order valence-corrected chi connectivity index (χ4v) is 4.37. The lowest BCUT2D eigenvalue weighted by molar-refractivity contribution is -0.165. The first-order valence-corrected chi connectivity index (χ1v) is 12.5. The molecule has 0 radical (unpaired) electrons. The van der Waals surface area contributed by atoms with Crippen molar-refractivity contribution in [3.05, 3.63) is 83.6 Å². The minimum Gasteiger partial charge on any atom is -0.358 e. The van der Waals surface area contributed by atoms with Gasteiger partial charge in [-0.2, -0.15) is 13.2 Å². The number of carbonyl (C=O) groups excluding carboxylic acids is 1. The normalized spacial score (nSPS) is 14.3. The molecule has 4 aromatic rings. The molecule has 0 atom stereocenters. The van der Waals surface area contributed by atoms with Gasteiger partial charge in [0.25, 0.3) is 0 Å². The molecule has 5 rings (SSSR count). The van der Waals surface area contributed by atoms with Gasteiger partial charge >= 0.3 is 6.18 Å². The summed E-state index contributed by atoms with van der Waals surface area (Å²) in [7, 11) is 3.99. The first kappa shape index (κ1) is 27.3. The second-order valence-corrected chi connectivity index (χ2v) is 10.0. The van der Waals surface area contributed by atoms with Crippen molar-refractivity contribution in [3.8, 4) is 11.1 Å². The van der Waals surface area contributed by atoms with Crippen LogP contribution in [-0.4, -0.2) is 46.2 Å². The lowest BCUT2D eigenvalue weighted by Gasteiger charge is -2.14. The quantitative estimate of drug-likeness (QED) is 0.251. The van der Waals surface area contributed by atoms with Crippen molar-refractivity contribution in [2.45, 2.75) is 37.4 Å². The van der Waals surface area contributed by atoms with E-state index in [1.54, 1.807) is 18.5 Å². The van der Waals surface area contributed by atoms with Gasteiger partial charge in [-0.25, -0.2) is 14.4 Å². The number of hydrogen-bond donors (Lipinski definition) is 2. The zero-order chi connectivity index (χ0) is 28.5. The Morgan fingerprint density at radius 2 is 1.80 bits per heavy atom. The largest absolute Gasteiger partial charge is 0.401 e. The number of hydrogen-bond acceptors (Lipinski definition) is 7.